The Hall–Kier alpha value is -1.92. The Morgan fingerprint density at radius 1 is 0.933 bits per heavy atom. The number of rotatable bonds is 10. The lowest BCUT2D eigenvalue weighted by Gasteiger charge is -2.29. The van der Waals surface area contributed by atoms with E-state index in [1.165, 1.54) is 21.8 Å². The number of hydrogen-bond acceptors (Lipinski definition) is 2. The zero-order valence-electron chi connectivity index (χ0n) is 19.6. The molecule has 168 valence electrons. The first-order chi connectivity index (χ1) is 14.2. The Balaban J connectivity index is 1.66. The van der Waals surface area contributed by atoms with E-state index in [0.717, 1.165) is 56.2 Å². The van der Waals surface area contributed by atoms with E-state index in [4.69, 9.17) is 0 Å². The van der Waals surface area contributed by atoms with Gasteiger partial charge < -0.3 is 20.4 Å². The Morgan fingerprint density at radius 2 is 1.53 bits per heavy atom. The van der Waals surface area contributed by atoms with Crippen LogP contribution in [0.15, 0.2) is 18.2 Å². The third kappa shape index (κ3) is 8.44. The quantitative estimate of drug-likeness (QED) is 0.443. The number of amides is 2. The summed E-state index contributed by atoms with van der Waals surface area (Å²) in [5.41, 5.74) is 3.22. The number of aryl methyl sites for hydroxylation is 1. The van der Waals surface area contributed by atoms with Gasteiger partial charge in [0, 0.05) is 11.7 Å². The number of carbonyl (C=O) groups is 2. The van der Waals surface area contributed by atoms with E-state index in [0.29, 0.717) is 13.1 Å². The fourth-order valence-corrected chi connectivity index (χ4v) is 4.08. The van der Waals surface area contributed by atoms with Crippen molar-refractivity contribution in [2.24, 2.45) is 5.92 Å². The van der Waals surface area contributed by atoms with Gasteiger partial charge in [0.25, 0.3) is 11.8 Å². The molecule has 0 unspecified atom stereocenters. The van der Waals surface area contributed by atoms with Crippen molar-refractivity contribution in [1.29, 1.82) is 0 Å². The normalized spacial score (nSPS) is 20.1. The van der Waals surface area contributed by atoms with Crippen molar-refractivity contribution in [2.75, 3.05) is 44.6 Å². The molecule has 0 saturated carbocycles. The molecule has 0 aliphatic carbocycles. The van der Waals surface area contributed by atoms with E-state index in [1.807, 2.05) is 19.1 Å². The van der Waals surface area contributed by atoms with Gasteiger partial charge in [-0.25, -0.2) is 0 Å². The highest BCUT2D eigenvalue weighted by atomic mass is 16.2. The van der Waals surface area contributed by atoms with Gasteiger partial charge in [0.15, 0.2) is 13.1 Å². The molecule has 2 amide bonds. The molecule has 0 spiro atoms. The molecule has 1 aliphatic heterocycles. The molecule has 1 atom stereocenters. The summed E-state index contributed by atoms with van der Waals surface area (Å²) in [6.45, 7) is 15.4. The van der Waals surface area contributed by atoms with Gasteiger partial charge in [-0.15, -0.1) is 0 Å². The monoisotopic (exact) mass is 418 g/mol. The first-order valence-corrected chi connectivity index (χ1v) is 11.6. The van der Waals surface area contributed by atoms with Crippen LogP contribution in [0.25, 0.3) is 0 Å². The van der Waals surface area contributed by atoms with Gasteiger partial charge in [-0.05, 0) is 50.3 Å². The number of anilines is 1. The van der Waals surface area contributed by atoms with Crippen LogP contribution in [-0.2, 0) is 9.59 Å². The Labute approximate surface area is 182 Å². The van der Waals surface area contributed by atoms with Gasteiger partial charge in [-0.3, -0.25) is 9.59 Å². The van der Waals surface area contributed by atoms with Crippen LogP contribution in [0.2, 0.25) is 0 Å². The fourth-order valence-electron chi connectivity index (χ4n) is 4.08. The lowest BCUT2D eigenvalue weighted by Crippen LogP contribution is -3.28. The molecule has 1 saturated heterocycles. The number of piperazine rings is 1. The lowest BCUT2D eigenvalue weighted by atomic mass is 10.0. The Kier molecular flexibility index (Phi) is 9.79. The minimum Gasteiger partial charge on any atom is -0.349 e. The highest BCUT2D eigenvalue weighted by molar-refractivity contribution is 5.92. The molecular formula is C24H42N4O2+2. The van der Waals surface area contributed by atoms with Crippen LogP contribution in [-0.4, -0.2) is 57.1 Å². The van der Waals surface area contributed by atoms with Gasteiger partial charge in [0.1, 0.15) is 26.2 Å². The van der Waals surface area contributed by atoms with Crippen molar-refractivity contribution in [1.82, 2.24) is 5.32 Å². The highest BCUT2D eigenvalue weighted by Gasteiger charge is 2.26. The summed E-state index contributed by atoms with van der Waals surface area (Å²) in [5, 5.41) is 6.21. The fraction of sp³-hybridized carbons (Fsp3) is 0.667. The largest absolute Gasteiger partial charge is 0.349 e. The molecule has 30 heavy (non-hydrogen) atoms. The van der Waals surface area contributed by atoms with E-state index in [2.05, 4.69) is 44.4 Å². The van der Waals surface area contributed by atoms with Crippen molar-refractivity contribution in [2.45, 2.75) is 59.9 Å². The van der Waals surface area contributed by atoms with Gasteiger partial charge >= 0.3 is 0 Å². The predicted molar refractivity (Wildman–Crippen MR) is 122 cm³/mol. The van der Waals surface area contributed by atoms with Crippen molar-refractivity contribution in [3.8, 4) is 0 Å². The van der Waals surface area contributed by atoms with Crippen LogP contribution in [0.4, 0.5) is 5.69 Å². The van der Waals surface area contributed by atoms with Crippen LogP contribution < -0.4 is 20.4 Å². The summed E-state index contributed by atoms with van der Waals surface area (Å²) < 4.78 is 0. The maximum atomic E-state index is 12.5. The molecule has 1 heterocycles. The summed E-state index contributed by atoms with van der Waals surface area (Å²) in [7, 11) is 0. The van der Waals surface area contributed by atoms with Crippen LogP contribution >= 0.6 is 0 Å². The van der Waals surface area contributed by atoms with Crippen LogP contribution in [0.5, 0.6) is 0 Å². The second-order valence-corrected chi connectivity index (χ2v) is 9.44. The van der Waals surface area contributed by atoms with E-state index in [1.54, 1.807) is 0 Å². The smallest absolute Gasteiger partial charge is 0.279 e. The first kappa shape index (κ1) is 24.4. The second kappa shape index (κ2) is 12.1. The lowest BCUT2D eigenvalue weighted by molar-refractivity contribution is -1.00. The third-order valence-corrected chi connectivity index (χ3v) is 6.19. The zero-order valence-corrected chi connectivity index (χ0v) is 19.6. The van der Waals surface area contributed by atoms with Crippen molar-refractivity contribution in [3.63, 3.8) is 0 Å². The van der Waals surface area contributed by atoms with Crippen molar-refractivity contribution >= 4 is 17.5 Å². The van der Waals surface area contributed by atoms with E-state index in [9.17, 15) is 9.59 Å². The molecule has 1 fully saturated rings. The zero-order chi connectivity index (χ0) is 22.1. The predicted octanol–water partition coefficient (Wildman–Crippen LogP) is 0.356. The summed E-state index contributed by atoms with van der Waals surface area (Å²) in [5.74, 6) is 0.937. The van der Waals surface area contributed by atoms with Gasteiger partial charge in [0.2, 0.25) is 0 Å². The number of nitrogens with one attached hydrogen (secondary N) is 4. The summed E-state index contributed by atoms with van der Waals surface area (Å²) in [6.07, 6.45) is 3.43. The standard InChI is InChI=1S/C24H40N4O2/c1-18(2)8-6-10-20(4)25-23(29)16-27-12-14-28(15-13-27)17-24(30)26-22-11-7-9-19(3)21(22)5/h7,9,11,18,20H,6,8,10,12-17H2,1-5H3,(H,25,29)(H,26,30)/p+2/t20-/m1/s1. The molecule has 6 nitrogen and oxygen atoms in total. The summed E-state index contributed by atoms with van der Waals surface area (Å²) in [6, 6.07) is 6.24. The molecule has 4 N–H and O–H groups in total. The topological polar surface area (TPSA) is 67.1 Å². The molecule has 1 aromatic carbocycles. The van der Waals surface area contributed by atoms with Crippen LogP contribution in [0, 0.1) is 19.8 Å². The number of carbonyl (C=O) groups excluding carboxylic acids is 2. The minimum atomic E-state index is 0.0649. The molecular weight excluding hydrogens is 376 g/mol. The maximum absolute atomic E-state index is 12.5. The number of benzene rings is 1. The molecule has 0 radical (unpaired) electrons. The number of hydrogen-bond donors (Lipinski definition) is 4. The van der Waals surface area contributed by atoms with E-state index >= 15 is 0 Å². The van der Waals surface area contributed by atoms with Crippen LogP contribution in [0.1, 0.15) is 51.2 Å². The Bertz CT molecular complexity index is 696. The van der Waals surface area contributed by atoms with E-state index < -0.39 is 0 Å². The first-order valence-electron chi connectivity index (χ1n) is 11.6. The summed E-state index contributed by atoms with van der Waals surface area (Å²) in [4.78, 5) is 27.4. The molecule has 0 bridgehead atoms. The minimum absolute atomic E-state index is 0.0649. The highest BCUT2D eigenvalue weighted by Crippen LogP contribution is 2.17. The van der Waals surface area contributed by atoms with Gasteiger partial charge in [-0.1, -0.05) is 38.8 Å². The average Bonchev–Trinajstić information content (AvgIpc) is 2.66. The maximum Gasteiger partial charge on any atom is 0.279 e. The number of quaternary nitrogens is 2. The molecule has 6 heteroatoms. The van der Waals surface area contributed by atoms with E-state index in [-0.39, 0.29) is 17.9 Å². The molecule has 1 aromatic rings. The summed E-state index contributed by atoms with van der Waals surface area (Å²) >= 11 is 0. The third-order valence-electron chi connectivity index (χ3n) is 6.19. The van der Waals surface area contributed by atoms with Gasteiger partial charge in [-0.2, -0.15) is 0 Å². The van der Waals surface area contributed by atoms with Crippen LogP contribution in [0.3, 0.4) is 0 Å². The van der Waals surface area contributed by atoms with Gasteiger partial charge in [0.05, 0.1) is 0 Å². The molecule has 0 aromatic heterocycles. The molecule has 2 rings (SSSR count). The SMILES string of the molecule is Cc1cccc(NC(=O)C[NH+]2CC[NH+](CC(=O)N[C@H](C)CCCC(C)C)CC2)c1C. The molecule has 1 aliphatic rings. The second-order valence-electron chi connectivity index (χ2n) is 9.44. The Morgan fingerprint density at radius 3 is 2.13 bits per heavy atom. The average molecular weight is 419 g/mol. The van der Waals surface area contributed by atoms with Crippen molar-refractivity contribution in [3.05, 3.63) is 29.3 Å². The van der Waals surface area contributed by atoms with Crippen molar-refractivity contribution < 1.29 is 19.4 Å².